The van der Waals surface area contributed by atoms with Crippen LogP contribution in [0.1, 0.15) is 27.2 Å². The van der Waals surface area contributed by atoms with Crippen molar-refractivity contribution in [2.24, 2.45) is 4.99 Å². The molecule has 0 atom stereocenters. The first-order valence-corrected chi connectivity index (χ1v) is 5.10. The summed E-state index contributed by atoms with van der Waals surface area (Å²) in [4.78, 5) is 4.12. The van der Waals surface area contributed by atoms with Gasteiger partial charge in [-0.2, -0.15) is 0 Å². The van der Waals surface area contributed by atoms with Gasteiger partial charge in [0.25, 0.3) is 0 Å². The summed E-state index contributed by atoms with van der Waals surface area (Å²) >= 11 is 0. The van der Waals surface area contributed by atoms with Crippen LogP contribution >= 0.6 is 0 Å². The second kappa shape index (κ2) is 6.99. The molecule has 0 aromatic rings. The monoisotopic (exact) mass is 203 g/mol. The van der Waals surface area contributed by atoms with E-state index in [0.717, 1.165) is 17.7 Å². The molecule has 0 saturated heterocycles. The number of nitrogens with zero attached hydrogens (tertiary/aromatic N) is 1. The molecule has 0 rings (SSSR count). The molecule has 82 valence electrons. The van der Waals surface area contributed by atoms with Crippen LogP contribution in [0.15, 0.2) is 53.1 Å². The topological polar surface area (TPSA) is 12.4 Å². The Morgan fingerprint density at radius 1 is 1.27 bits per heavy atom. The van der Waals surface area contributed by atoms with Gasteiger partial charge < -0.3 is 0 Å². The lowest BCUT2D eigenvalue weighted by Crippen LogP contribution is -1.92. The molecule has 0 fully saturated rings. The third-order valence-corrected chi connectivity index (χ3v) is 2.07. The van der Waals surface area contributed by atoms with Crippen molar-refractivity contribution in [2.45, 2.75) is 27.2 Å². The maximum Gasteiger partial charge on any atom is 0.0567 e. The van der Waals surface area contributed by atoms with E-state index in [1.165, 1.54) is 11.1 Å². The summed E-state index contributed by atoms with van der Waals surface area (Å²) in [5.74, 6) is 0. The van der Waals surface area contributed by atoms with Gasteiger partial charge >= 0.3 is 0 Å². The highest BCUT2D eigenvalue weighted by Gasteiger charge is 1.97. The van der Waals surface area contributed by atoms with Gasteiger partial charge in [0, 0.05) is 7.05 Å². The normalized spacial score (nSPS) is 12.3. The quantitative estimate of drug-likeness (QED) is 0.362. The van der Waals surface area contributed by atoms with Crippen LogP contribution in [0.2, 0.25) is 0 Å². The van der Waals surface area contributed by atoms with Crippen LogP contribution in [0, 0.1) is 0 Å². The third-order valence-electron chi connectivity index (χ3n) is 2.07. The highest BCUT2D eigenvalue weighted by molar-refractivity contribution is 6.04. The maximum atomic E-state index is 4.12. The van der Waals surface area contributed by atoms with Gasteiger partial charge in [-0.3, -0.25) is 4.99 Å². The number of hydrogen-bond acceptors (Lipinski definition) is 1. The molecule has 1 nitrogen and oxygen atoms in total. The van der Waals surface area contributed by atoms with Crippen LogP contribution in [0.4, 0.5) is 0 Å². The molecule has 0 aliphatic heterocycles. The summed E-state index contributed by atoms with van der Waals surface area (Å²) < 4.78 is 0. The minimum absolute atomic E-state index is 0.898. The zero-order valence-electron chi connectivity index (χ0n) is 10.3. The van der Waals surface area contributed by atoms with Crippen molar-refractivity contribution in [3.63, 3.8) is 0 Å². The Kier molecular flexibility index (Phi) is 6.35. The summed E-state index contributed by atoms with van der Waals surface area (Å²) in [6.45, 7) is 13.9. The molecule has 0 spiro atoms. The third kappa shape index (κ3) is 5.84. The van der Waals surface area contributed by atoms with Gasteiger partial charge in [-0.25, -0.2) is 0 Å². The lowest BCUT2D eigenvalue weighted by molar-refractivity contribution is 1.18. The molecule has 0 unspecified atom stereocenters. The fraction of sp³-hybridized carbons (Fsp3) is 0.357. The first-order chi connectivity index (χ1) is 7.01. The van der Waals surface area contributed by atoms with Gasteiger partial charge in [0.05, 0.1) is 5.71 Å². The molecule has 0 amide bonds. The van der Waals surface area contributed by atoms with Crippen LogP contribution in [-0.2, 0) is 0 Å². The zero-order chi connectivity index (χ0) is 11.8. The van der Waals surface area contributed by atoms with Crippen molar-refractivity contribution >= 4 is 5.71 Å². The molecule has 0 saturated carbocycles. The van der Waals surface area contributed by atoms with Crippen LogP contribution in [-0.4, -0.2) is 12.8 Å². The maximum absolute atomic E-state index is 4.12. The molecular weight excluding hydrogens is 182 g/mol. The van der Waals surface area contributed by atoms with Gasteiger partial charge in [0.2, 0.25) is 0 Å². The highest BCUT2D eigenvalue weighted by Crippen LogP contribution is 2.14. The Balaban J connectivity index is 4.89. The van der Waals surface area contributed by atoms with E-state index >= 15 is 0 Å². The molecule has 0 aromatic carbocycles. The van der Waals surface area contributed by atoms with E-state index in [0.29, 0.717) is 0 Å². The average molecular weight is 203 g/mol. The summed E-state index contributed by atoms with van der Waals surface area (Å²) in [6, 6.07) is 0. The van der Waals surface area contributed by atoms with E-state index in [-0.39, 0.29) is 0 Å². The predicted molar refractivity (Wildman–Crippen MR) is 70.5 cm³/mol. The van der Waals surface area contributed by atoms with Crippen molar-refractivity contribution in [1.29, 1.82) is 0 Å². The molecule has 0 aliphatic rings. The number of hydrogen-bond donors (Lipinski definition) is 0. The summed E-state index contributed by atoms with van der Waals surface area (Å²) in [5.41, 5.74) is 4.50. The second-order valence-electron chi connectivity index (χ2n) is 3.79. The van der Waals surface area contributed by atoms with Gasteiger partial charge in [-0.1, -0.05) is 30.4 Å². The highest BCUT2D eigenvalue weighted by atomic mass is 14.7. The molecule has 15 heavy (non-hydrogen) atoms. The van der Waals surface area contributed by atoms with Gasteiger partial charge in [0.15, 0.2) is 0 Å². The smallest absolute Gasteiger partial charge is 0.0567 e. The first-order valence-electron chi connectivity index (χ1n) is 5.10. The SMILES string of the molecule is C=CC(/C=C(/CC=C(C)C)C(=C)C)=NC. The minimum atomic E-state index is 0.898. The first kappa shape index (κ1) is 13.6. The van der Waals surface area contributed by atoms with Crippen molar-refractivity contribution in [3.8, 4) is 0 Å². The van der Waals surface area contributed by atoms with Crippen LogP contribution in [0.25, 0.3) is 0 Å². The van der Waals surface area contributed by atoms with E-state index in [4.69, 9.17) is 0 Å². The summed E-state index contributed by atoms with van der Waals surface area (Å²) in [5, 5.41) is 0. The number of rotatable bonds is 5. The second-order valence-corrected chi connectivity index (χ2v) is 3.79. The van der Waals surface area contributed by atoms with E-state index in [1.807, 2.05) is 13.0 Å². The van der Waals surface area contributed by atoms with E-state index in [1.54, 1.807) is 13.1 Å². The molecule has 1 heteroatoms. The Bertz CT molecular complexity index is 323. The lowest BCUT2D eigenvalue weighted by atomic mass is 10.0. The Labute approximate surface area is 93.6 Å². The average Bonchev–Trinajstić information content (AvgIpc) is 2.17. The van der Waals surface area contributed by atoms with E-state index in [9.17, 15) is 0 Å². The summed E-state index contributed by atoms with van der Waals surface area (Å²) in [6.07, 6.45) is 6.89. The fourth-order valence-corrected chi connectivity index (χ4v) is 1.06. The van der Waals surface area contributed by atoms with Crippen molar-refractivity contribution < 1.29 is 0 Å². The minimum Gasteiger partial charge on any atom is -0.289 e. The van der Waals surface area contributed by atoms with E-state index < -0.39 is 0 Å². The Morgan fingerprint density at radius 2 is 1.87 bits per heavy atom. The van der Waals surface area contributed by atoms with Crippen LogP contribution < -0.4 is 0 Å². The van der Waals surface area contributed by atoms with Gasteiger partial charge in [0.1, 0.15) is 0 Å². The molecule has 0 aliphatic carbocycles. The van der Waals surface area contributed by atoms with E-state index in [2.05, 4.69) is 38.1 Å². The van der Waals surface area contributed by atoms with Crippen molar-refractivity contribution in [2.75, 3.05) is 7.05 Å². The van der Waals surface area contributed by atoms with Crippen molar-refractivity contribution in [1.82, 2.24) is 0 Å². The van der Waals surface area contributed by atoms with Gasteiger partial charge in [-0.15, -0.1) is 0 Å². The number of aliphatic imine (C=N–C) groups is 1. The predicted octanol–water partition coefficient (Wildman–Crippen LogP) is 4.10. The largest absolute Gasteiger partial charge is 0.289 e. The summed E-state index contributed by atoms with van der Waals surface area (Å²) in [7, 11) is 1.77. The zero-order valence-corrected chi connectivity index (χ0v) is 10.3. The molecular formula is C14H21N. The van der Waals surface area contributed by atoms with Crippen LogP contribution in [0.3, 0.4) is 0 Å². The molecule has 0 radical (unpaired) electrons. The Hall–Kier alpha value is -1.37. The molecule has 0 bridgehead atoms. The van der Waals surface area contributed by atoms with Gasteiger partial charge in [-0.05, 0) is 44.9 Å². The Morgan fingerprint density at radius 3 is 2.20 bits per heavy atom. The van der Waals surface area contributed by atoms with Crippen LogP contribution in [0.5, 0.6) is 0 Å². The number of allylic oxidation sites excluding steroid dienone is 6. The molecule has 0 N–H and O–H groups in total. The fourth-order valence-electron chi connectivity index (χ4n) is 1.06. The lowest BCUT2D eigenvalue weighted by Gasteiger charge is -2.04. The van der Waals surface area contributed by atoms with Crippen molar-refractivity contribution in [3.05, 3.63) is 48.1 Å². The molecule has 0 aromatic heterocycles. The molecule has 0 heterocycles. The standard InChI is InChI=1S/C14H21N/c1-7-14(15-6)10-13(12(4)5)9-8-11(2)3/h7-8,10H,1,4,9H2,2-3,5-6H3/b13-10-,15-14?.